The zero-order chi connectivity index (χ0) is 19.0. The van der Waals surface area contributed by atoms with Gasteiger partial charge in [-0.15, -0.1) is 0 Å². The Morgan fingerprint density at radius 2 is 1.89 bits per heavy atom. The monoisotopic (exact) mass is 378 g/mol. The second-order valence-corrected chi connectivity index (χ2v) is 7.37. The van der Waals surface area contributed by atoms with E-state index in [1.165, 1.54) is 0 Å². The molecule has 27 heavy (non-hydrogen) atoms. The quantitative estimate of drug-likeness (QED) is 0.534. The minimum Gasteiger partial charge on any atom is -0.305 e. The molecule has 0 atom stereocenters. The summed E-state index contributed by atoms with van der Waals surface area (Å²) in [6.45, 7) is 4.97. The third kappa shape index (κ3) is 3.51. The first-order chi connectivity index (χ1) is 13.0. The number of aromatic nitrogens is 3. The van der Waals surface area contributed by atoms with E-state index >= 15 is 0 Å². The van der Waals surface area contributed by atoms with Crippen molar-refractivity contribution in [2.24, 2.45) is 5.92 Å². The van der Waals surface area contributed by atoms with Crippen LogP contribution in [-0.4, -0.2) is 20.7 Å². The van der Waals surface area contributed by atoms with Gasteiger partial charge in [0.1, 0.15) is 0 Å². The number of para-hydroxylation sites is 1. The molecule has 0 aliphatic heterocycles. The third-order valence-corrected chi connectivity index (χ3v) is 4.55. The highest BCUT2D eigenvalue weighted by Crippen LogP contribution is 2.27. The van der Waals surface area contributed by atoms with Crippen LogP contribution < -0.4 is 5.32 Å². The first kappa shape index (κ1) is 17.5. The van der Waals surface area contributed by atoms with Gasteiger partial charge in [-0.3, -0.25) is 4.79 Å². The van der Waals surface area contributed by atoms with Crippen LogP contribution >= 0.6 is 11.6 Å². The van der Waals surface area contributed by atoms with Gasteiger partial charge in [0, 0.05) is 22.5 Å². The smallest absolute Gasteiger partial charge is 0.256 e. The van der Waals surface area contributed by atoms with Crippen molar-refractivity contribution in [1.82, 2.24) is 14.8 Å². The number of carbonyl (C=O) groups is 1. The van der Waals surface area contributed by atoms with Crippen molar-refractivity contribution in [3.8, 4) is 0 Å². The van der Waals surface area contributed by atoms with E-state index in [4.69, 9.17) is 16.6 Å². The van der Waals surface area contributed by atoms with E-state index in [2.05, 4.69) is 24.3 Å². The van der Waals surface area contributed by atoms with E-state index in [9.17, 15) is 4.79 Å². The highest BCUT2D eigenvalue weighted by molar-refractivity contribution is 6.30. The molecule has 0 bridgehead atoms. The fourth-order valence-electron chi connectivity index (χ4n) is 3.05. The number of halogens is 1. The van der Waals surface area contributed by atoms with Gasteiger partial charge in [-0.25, -0.2) is 9.67 Å². The van der Waals surface area contributed by atoms with Crippen LogP contribution in [0.4, 0.5) is 5.82 Å². The summed E-state index contributed by atoms with van der Waals surface area (Å²) in [5.74, 6) is 0.695. The molecule has 0 aliphatic rings. The van der Waals surface area contributed by atoms with Crippen LogP contribution in [0.15, 0.2) is 54.6 Å². The Morgan fingerprint density at radius 1 is 1.15 bits per heavy atom. The molecule has 1 amide bonds. The van der Waals surface area contributed by atoms with Crippen LogP contribution in [0.3, 0.4) is 0 Å². The molecule has 4 rings (SSSR count). The molecule has 0 fully saturated rings. The van der Waals surface area contributed by atoms with E-state index < -0.39 is 0 Å². The average molecular weight is 379 g/mol. The minimum atomic E-state index is -0.226. The first-order valence-corrected chi connectivity index (χ1v) is 9.22. The number of fused-ring (bicyclic) bond motifs is 2. The molecular weight excluding hydrogens is 360 g/mol. The Kier molecular flexibility index (Phi) is 4.54. The average Bonchev–Trinajstić information content (AvgIpc) is 2.96. The molecule has 0 saturated carbocycles. The van der Waals surface area contributed by atoms with Crippen molar-refractivity contribution in [2.75, 3.05) is 5.32 Å². The predicted molar refractivity (Wildman–Crippen MR) is 109 cm³/mol. The molecule has 4 aromatic rings. The fourth-order valence-corrected chi connectivity index (χ4v) is 3.17. The second kappa shape index (κ2) is 7.00. The lowest BCUT2D eigenvalue weighted by molar-refractivity contribution is 0.102. The van der Waals surface area contributed by atoms with Gasteiger partial charge in [-0.2, -0.15) is 5.10 Å². The van der Waals surface area contributed by atoms with Crippen LogP contribution in [-0.2, 0) is 6.54 Å². The minimum absolute atomic E-state index is 0.226. The molecule has 0 aliphatic carbocycles. The van der Waals surface area contributed by atoms with Gasteiger partial charge in [0.25, 0.3) is 5.91 Å². The Hall–Kier alpha value is -2.92. The van der Waals surface area contributed by atoms with Gasteiger partial charge in [0.15, 0.2) is 11.5 Å². The SMILES string of the molecule is CC(C)Cn1nc(NC(=O)c2ccc(Cl)cc2)c2cc3ccccc3nc21. The van der Waals surface area contributed by atoms with Gasteiger partial charge in [-0.1, -0.05) is 43.6 Å². The summed E-state index contributed by atoms with van der Waals surface area (Å²) >= 11 is 5.91. The third-order valence-electron chi connectivity index (χ3n) is 4.30. The van der Waals surface area contributed by atoms with Crippen molar-refractivity contribution < 1.29 is 4.79 Å². The Labute approximate surface area is 162 Å². The van der Waals surface area contributed by atoms with Gasteiger partial charge in [0.05, 0.1) is 10.9 Å². The Bertz CT molecular complexity index is 1130. The molecule has 2 heterocycles. The van der Waals surface area contributed by atoms with Crippen LogP contribution in [0.2, 0.25) is 5.02 Å². The second-order valence-electron chi connectivity index (χ2n) is 6.94. The normalized spacial score (nSPS) is 11.4. The van der Waals surface area contributed by atoms with Gasteiger partial charge >= 0.3 is 0 Å². The maximum atomic E-state index is 12.6. The summed E-state index contributed by atoms with van der Waals surface area (Å²) in [6.07, 6.45) is 0. The molecule has 2 aromatic heterocycles. The summed E-state index contributed by atoms with van der Waals surface area (Å²) in [4.78, 5) is 17.4. The molecule has 136 valence electrons. The lowest BCUT2D eigenvalue weighted by Gasteiger charge is -2.06. The zero-order valence-electron chi connectivity index (χ0n) is 15.1. The molecule has 5 nitrogen and oxygen atoms in total. The number of hydrogen-bond donors (Lipinski definition) is 1. The van der Waals surface area contributed by atoms with E-state index in [0.717, 1.165) is 28.5 Å². The van der Waals surface area contributed by atoms with Crippen molar-refractivity contribution in [3.05, 3.63) is 65.2 Å². The fraction of sp³-hybridized carbons (Fsp3) is 0.190. The molecule has 0 unspecified atom stereocenters. The van der Waals surface area contributed by atoms with Crippen LogP contribution in [0.5, 0.6) is 0 Å². The number of rotatable bonds is 4. The topological polar surface area (TPSA) is 59.8 Å². The van der Waals surface area contributed by atoms with Crippen LogP contribution in [0, 0.1) is 5.92 Å². The number of nitrogens with one attached hydrogen (secondary N) is 1. The molecule has 2 aromatic carbocycles. The highest BCUT2D eigenvalue weighted by atomic mass is 35.5. The van der Waals surface area contributed by atoms with E-state index in [0.29, 0.717) is 22.3 Å². The summed E-state index contributed by atoms with van der Waals surface area (Å²) in [5.41, 5.74) is 2.21. The summed E-state index contributed by atoms with van der Waals surface area (Å²) in [6, 6.07) is 16.7. The number of amides is 1. The number of pyridine rings is 1. The number of benzene rings is 2. The maximum Gasteiger partial charge on any atom is 0.256 e. The summed E-state index contributed by atoms with van der Waals surface area (Å²) in [5, 5.41) is 9.99. The van der Waals surface area contributed by atoms with E-state index in [1.54, 1.807) is 24.3 Å². The Balaban J connectivity index is 1.80. The number of carbonyl (C=O) groups excluding carboxylic acids is 1. The standard InChI is InChI=1S/C21H19ClN4O/c1-13(2)12-26-20-17(11-15-5-3-4-6-18(15)23-20)19(25-26)24-21(27)14-7-9-16(22)10-8-14/h3-11,13H,12H2,1-2H3,(H,24,25,27). The molecular formula is C21H19ClN4O. The van der Waals surface area contributed by atoms with Crippen LogP contribution in [0.25, 0.3) is 21.9 Å². The lowest BCUT2D eigenvalue weighted by Crippen LogP contribution is -2.13. The van der Waals surface area contributed by atoms with E-state index in [-0.39, 0.29) is 5.91 Å². The predicted octanol–water partition coefficient (Wildman–Crippen LogP) is 5.15. The van der Waals surface area contributed by atoms with E-state index in [1.807, 2.05) is 35.0 Å². The molecule has 0 radical (unpaired) electrons. The van der Waals surface area contributed by atoms with Crippen molar-refractivity contribution in [1.29, 1.82) is 0 Å². The van der Waals surface area contributed by atoms with Crippen molar-refractivity contribution in [3.63, 3.8) is 0 Å². The van der Waals surface area contributed by atoms with Gasteiger partial charge in [0.2, 0.25) is 0 Å². The summed E-state index contributed by atoms with van der Waals surface area (Å²) < 4.78 is 1.86. The van der Waals surface area contributed by atoms with Crippen LogP contribution in [0.1, 0.15) is 24.2 Å². The zero-order valence-corrected chi connectivity index (χ0v) is 15.9. The maximum absolute atomic E-state index is 12.6. The van der Waals surface area contributed by atoms with Gasteiger partial charge in [-0.05, 0) is 42.3 Å². The molecule has 1 N–H and O–H groups in total. The number of nitrogens with zero attached hydrogens (tertiary/aromatic N) is 3. The Morgan fingerprint density at radius 3 is 2.63 bits per heavy atom. The van der Waals surface area contributed by atoms with Crippen molar-refractivity contribution >= 4 is 45.3 Å². The van der Waals surface area contributed by atoms with Crippen molar-refractivity contribution in [2.45, 2.75) is 20.4 Å². The molecule has 0 spiro atoms. The first-order valence-electron chi connectivity index (χ1n) is 8.84. The molecule has 0 saturated heterocycles. The number of anilines is 1. The summed E-state index contributed by atoms with van der Waals surface area (Å²) in [7, 11) is 0. The van der Waals surface area contributed by atoms with Gasteiger partial charge < -0.3 is 5.32 Å². The number of hydrogen-bond acceptors (Lipinski definition) is 3. The highest BCUT2D eigenvalue weighted by Gasteiger charge is 2.17. The lowest BCUT2D eigenvalue weighted by atomic mass is 10.1. The largest absolute Gasteiger partial charge is 0.305 e. The molecule has 6 heteroatoms.